The van der Waals surface area contributed by atoms with E-state index < -0.39 is 5.97 Å². The molecule has 3 aromatic rings. The van der Waals surface area contributed by atoms with Crippen LogP contribution in [0.4, 0.5) is 0 Å². The zero-order chi connectivity index (χ0) is 20.2. The number of rotatable bonds is 4. The van der Waals surface area contributed by atoms with Gasteiger partial charge in [-0.25, -0.2) is 4.79 Å². The molecule has 1 aliphatic heterocycles. The maximum absolute atomic E-state index is 12.8. The average Bonchev–Trinajstić information content (AvgIpc) is 3.00. The van der Waals surface area contributed by atoms with Gasteiger partial charge in [-0.3, -0.25) is 4.79 Å². The standard InChI is InChI=1S/C24H22N2O3/c1-2-29-24(28)20-16-26(22(27)13-12-17-8-4-3-5-9-17)15-14-19-18-10-6-7-11-21(18)25-23(19)20/h3-13,16,25H,2,14-15H2,1H3. The van der Waals surface area contributed by atoms with Gasteiger partial charge in [-0.1, -0.05) is 48.5 Å². The van der Waals surface area contributed by atoms with E-state index in [9.17, 15) is 9.59 Å². The second kappa shape index (κ2) is 8.19. The zero-order valence-corrected chi connectivity index (χ0v) is 16.2. The predicted octanol–water partition coefficient (Wildman–Crippen LogP) is 4.17. The van der Waals surface area contributed by atoms with Crippen LogP contribution in [0.2, 0.25) is 0 Å². The van der Waals surface area contributed by atoms with Gasteiger partial charge < -0.3 is 14.6 Å². The fourth-order valence-electron chi connectivity index (χ4n) is 3.57. The van der Waals surface area contributed by atoms with Gasteiger partial charge in [0.15, 0.2) is 0 Å². The Bertz CT molecular complexity index is 1110. The van der Waals surface area contributed by atoms with Crippen LogP contribution in [0.15, 0.2) is 66.9 Å². The number of aromatic amines is 1. The first-order valence-electron chi connectivity index (χ1n) is 9.70. The number of esters is 1. The lowest BCUT2D eigenvalue weighted by atomic mass is 10.0. The molecule has 0 spiro atoms. The molecule has 0 radical (unpaired) electrons. The van der Waals surface area contributed by atoms with Gasteiger partial charge in [0.05, 0.1) is 17.9 Å². The van der Waals surface area contributed by atoms with Crippen molar-refractivity contribution in [3.8, 4) is 0 Å². The van der Waals surface area contributed by atoms with Crippen LogP contribution in [0.3, 0.4) is 0 Å². The van der Waals surface area contributed by atoms with Gasteiger partial charge in [-0.2, -0.15) is 0 Å². The van der Waals surface area contributed by atoms with Crippen molar-refractivity contribution in [2.24, 2.45) is 0 Å². The number of aromatic nitrogens is 1. The Kier molecular flexibility index (Phi) is 5.29. The number of para-hydroxylation sites is 1. The summed E-state index contributed by atoms with van der Waals surface area (Å²) >= 11 is 0. The smallest absolute Gasteiger partial charge is 0.341 e. The van der Waals surface area contributed by atoms with Crippen LogP contribution in [0.25, 0.3) is 22.6 Å². The lowest BCUT2D eigenvalue weighted by Crippen LogP contribution is -2.26. The van der Waals surface area contributed by atoms with Gasteiger partial charge in [-0.05, 0) is 36.6 Å². The Morgan fingerprint density at radius 1 is 1.10 bits per heavy atom. The highest BCUT2D eigenvalue weighted by molar-refractivity contribution is 6.18. The molecule has 5 heteroatoms. The molecule has 146 valence electrons. The van der Waals surface area contributed by atoms with Gasteiger partial charge in [0.1, 0.15) is 0 Å². The van der Waals surface area contributed by atoms with E-state index in [2.05, 4.69) is 4.98 Å². The summed E-state index contributed by atoms with van der Waals surface area (Å²) in [6, 6.07) is 17.6. The van der Waals surface area contributed by atoms with Gasteiger partial charge in [0.2, 0.25) is 0 Å². The van der Waals surface area contributed by atoms with Gasteiger partial charge in [-0.15, -0.1) is 0 Å². The lowest BCUT2D eigenvalue weighted by molar-refractivity contribution is -0.136. The third-order valence-corrected chi connectivity index (χ3v) is 4.97. The Morgan fingerprint density at radius 2 is 1.86 bits per heavy atom. The molecule has 4 rings (SSSR count). The molecule has 2 aromatic carbocycles. The Morgan fingerprint density at radius 3 is 2.66 bits per heavy atom. The molecule has 0 fully saturated rings. The molecule has 1 amide bonds. The summed E-state index contributed by atoms with van der Waals surface area (Å²) in [7, 11) is 0. The number of amides is 1. The Labute approximate surface area is 169 Å². The van der Waals surface area contributed by atoms with E-state index in [1.165, 1.54) is 6.08 Å². The molecule has 0 saturated heterocycles. The summed E-state index contributed by atoms with van der Waals surface area (Å²) in [5, 5.41) is 1.06. The highest BCUT2D eigenvalue weighted by Gasteiger charge is 2.26. The quantitative estimate of drug-likeness (QED) is 0.541. The number of nitrogens with one attached hydrogen (secondary N) is 1. The van der Waals surface area contributed by atoms with E-state index in [-0.39, 0.29) is 12.5 Å². The minimum absolute atomic E-state index is 0.176. The Hall–Kier alpha value is -3.60. The number of fused-ring (bicyclic) bond motifs is 3. The predicted molar refractivity (Wildman–Crippen MR) is 114 cm³/mol. The van der Waals surface area contributed by atoms with E-state index >= 15 is 0 Å². The average molecular weight is 386 g/mol. The SMILES string of the molecule is CCOC(=O)C1=CN(C(=O)C=Cc2ccccc2)CCc2c1[nH]c1ccccc21. The third kappa shape index (κ3) is 3.85. The van der Waals surface area contributed by atoms with Crippen LogP contribution in [-0.2, 0) is 20.7 Å². The van der Waals surface area contributed by atoms with Crippen molar-refractivity contribution in [3.05, 3.63) is 83.7 Å². The third-order valence-electron chi connectivity index (χ3n) is 4.97. The first kappa shape index (κ1) is 18.7. The first-order valence-corrected chi connectivity index (χ1v) is 9.70. The maximum Gasteiger partial charge on any atom is 0.341 e. The summed E-state index contributed by atoms with van der Waals surface area (Å²) in [5.41, 5.74) is 4.05. The highest BCUT2D eigenvalue weighted by Crippen LogP contribution is 2.31. The molecule has 1 aliphatic rings. The molecule has 2 heterocycles. The summed E-state index contributed by atoms with van der Waals surface area (Å²) in [4.78, 5) is 30.4. The summed E-state index contributed by atoms with van der Waals surface area (Å²) in [6.45, 7) is 2.52. The van der Waals surface area contributed by atoms with E-state index in [0.29, 0.717) is 18.5 Å². The summed E-state index contributed by atoms with van der Waals surface area (Å²) < 4.78 is 5.26. The number of hydrogen-bond acceptors (Lipinski definition) is 3. The van der Waals surface area contributed by atoms with Crippen LogP contribution in [0, 0.1) is 0 Å². The minimum atomic E-state index is -0.438. The number of benzene rings is 2. The van der Waals surface area contributed by atoms with E-state index in [4.69, 9.17) is 4.74 Å². The van der Waals surface area contributed by atoms with Crippen molar-refractivity contribution in [1.82, 2.24) is 9.88 Å². The van der Waals surface area contributed by atoms with Crippen molar-refractivity contribution < 1.29 is 14.3 Å². The fraction of sp³-hybridized carbons (Fsp3) is 0.167. The number of H-pyrrole nitrogens is 1. The normalized spacial score (nSPS) is 13.8. The van der Waals surface area contributed by atoms with Crippen LogP contribution in [-0.4, -0.2) is 34.9 Å². The second-order valence-electron chi connectivity index (χ2n) is 6.81. The molecule has 0 bridgehead atoms. The molecule has 0 atom stereocenters. The Balaban J connectivity index is 1.70. The van der Waals surface area contributed by atoms with Crippen molar-refractivity contribution in [2.45, 2.75) is 13.3 Å². The van der Waals surface area contributed by atoms with Crippen molar-refractivity contribution in [2.75, 3.05) is 13.2 Å². The fourth-order valence-corrected chi connectivity index (χ4v) is 3.57. The molecule has 29 heavy (non-hydrogen) atoms. The van der Waals surface area contributed by atoms with E-state index in [1.807, 2.05) is 54.6 Å². The number of ether oxygens (including phenoxy) is 1. The first-order chi connectivity index (χ1) is 14.2. The second-order valence-corrected chi connectivity index (χ2v) is 6.81. The number of nitrogens with zero attached hydrogens (tertiary/aromatic N) is 1. The zero-order valence-electron chi connectivity index (χ0n) is 16.2. The van der Waals surface area contributed by atoms with Crippen LogP contribution < -0.4 is 0 Å². The lowest BCUT2D eigenvalue weighted by Gasteiger charge is -2.15. The number of carbonyl (C=O) groups is 2. The van der Waals surface area contributed by atoms with Gasteiger partial charge in [0, 0.05) is 29.7 Å². The van der Waals surface area contributed by atoms with E-state index in [0.717, 1.165) is 27.7 Å². The molecule has 1 aromatic heterocycles. The minimum Gasteiger partial charge on any atom is -0.462 e. The molecule has 0 saturated carbocycles. The summed E-state index contributed by atoms with van der Waals surface area (Å²) in [6.07, 6.45) is 5.56. The molecule has 0 aliphatic carbocycles. The van der Waals surface area contributed by atoms with Gasteiger partial charge in [0.25, 0.3) is 5.91 Å². The van der Waals surface area contributed by atoms with E-state index in [1.54, 1.807) is 24.1 Å². The van der Waals surface area contributed by atoms with Crippen molar-refractivity contribution in [1.29, 1.82) is 0 Å². The highest BCUT2D eigenvalue weighted by atomic mass is 16.5. The largest absolute Gasteiger partial charge is 0.462 e. The van der Waals surface area contributed by atoms with Crippen LogP contribution >= 0.6 is 0 Å². The van der Waals surface area contributed by atoms with Crippen molar-refractivity contribution in [3.63, 3.8) is 0 Å². The van der Waals surface area contributed by atoms with Gasteiger partial charge >= 0.3 is 5.97 Å². The van der Waals surface area contributed by atoms with Crippen LogP contribution in [0.5, 0.6) is 0 Å². The maximum atomic E-state index is 12.8. The topological polar surface area (TPSA) is 62.4 Å². The molecular weight excluding hydrogens is 364 g/mol. The van der Waals surface area contributed by atoms with Crippen molar-refractivity contribution >= 4 is 34.4 Å². The monoisotopic (exact) mass is 386 g/mol. The molecule has 0 unspecified atom stereocenters. The number of carbonyl (C=O) groups excluding carboxylic acids is 2. The van der Waals surface area contributed by atoms with Crippen LogP contribution in [0.1, 0.15) is 23.7 Å². The molecule has 5 nitrogen and oxygen atoms in total. The summed E-state index contributed by atoms with van der Waals surface area (Å²) in [5.74, 6) is -0.614. The molecule has 1 N–H and O–H groups in total. The number of hydrogen-bond donors (Lipinski definition) is 1. The molecular formula is C24H22N2O3.